The monoisotopic (exact) mass is 378 g/mol. The molecule has 1 saturated heterocycles. The molecule has 0 saturated carbocycles. The zero-order valence-electron chi connectivity index (χ0n) is 14.5. The predicted molar refractivity (Wildman–Crippen MR) is 107 cm³/mol. The van der Waals surface area contributed by atoms with Crippen LogP contribution in [0.1, 0.15) is 5.69 Å². The van der Waals surface area contributed by atoms with E-state index in [9.17, 15) is 0 Å². The molecule has 134 valence electrons. The molecule has 0 unspecified atom stereocenters. The molecule has 1 aromatic carbocycles. The highest BCUT2D eigenvalue weighted by Gasteiger charge is 2.18. The second-order valence-corrected chi connectivity index (χ2v) is 7.41. The Morgan fingerprint density at radius 3 is 2.52 bits per heavy atom. The summed E-state index contributed by atoms with van der Waals surface area (Å²) in [5.74, 6) is 0.593. The molecule has 0 bridgehead atoms. The summed E-state index contributed by atoms with van der Waals surface area (Å²) in [6.07, 6.45) is 0. The van der Waals surface area contributed by atoms with Gasteiger partial charge in [0.15, 0.2) is 11.1 Å². The Kier molecular flexibility index (Phi) is 5.65. The lowest BCUT2D eigenvalue weighted by Gasteiger charge is -2.36. The maximum absolute atomic E-state index is 6.17. The Bertz CT molecular complexity index is 719. The summed E-state index contributed by atoms with van der Waals surface area (Å²) in [6, 6.07) is 7.96. The minimum atomic E-state index is 0.521. The highest BCUT2D eigenvalue weighted by Crippen LogP contribution is 2.20. The standard InChI is InChI=1S/C17H23ClN6S/c1-22(2)17-21-14(12-25-17)11-20-16(19)24-9-7-23(8-10-24)15-5-3-13(18)4-6-15/h3-6,12H,7-11H2,1-2H3,(H2,19,20). The number of anilines is 2. The largest absolute Gasteiger partial charge is 0.370 e. The topological polar surface area (TPSA) is 61.0 Å². The van der Waals surface area contributed by atoms with Crippen LogP contribution in [0.4, 0.5) is 10.8 Å². The van der Waals surface area contributed by atoms with Gasteiger partial charge >= 0.3 is 0 Å². The Balaban J connectivity index is 1.53. The highest BCUT2D eigenvalue weighted by atomic mass is 35.5. The first-order valence-corrected chi connectivity index (χ1v) is 9.46. The number of piperazine rings is 1. The van der Waals surface area contributed by atoms with E-state index in [-0.39, 0.29) is 0 Å². The Morgan fingerprint density at radius 1 is 1.24 bits per heavy atom. The van der Waals surface area contributed by atoms with Gasteiger partial charge in [-0.2, -0.15) is 0 Å². The average molecular weight is 379 g/mol. The van der Waals surface area contributed by atoms with Gasteiger partial charge in [0.1, 0.15) is 0 Å². The van der Waals surface area contributed by atoms with Gasteiger partial charge in [-0.3, -0.25) is 0 Å². The Labute approximate surface area is 157 Å². The second-order valence-electron chi connectivity index (χ2n) is 6.14. The van der Waals surface area contributed by atoms with E-state index < -0.39 is 0 Å². The summed E-state index contributed by atoms with van der Waals surface area (Å²) >= 11 is 7.57. The van der Waals surface area contributed by atoms with Crippen LogP contribution in [-0.4, -0.2) is 56.1 Å². The van der Waals surface area contributed by atoms with Gasteiger partial charge in [-0.05, 0) is 24.3 Å². The normalized spacial score (nSPS) is 15.6. The van der Waals surface area contributed by atoms with E-state index >= 15 is 0 Å². The minimum Gasteiger partial charge on any atom is -0.370 e. The van der Waals surface area contributed by atoms with Crippen LogP contribution < -0.4 is 15.5 Å². The third-order valence-electron chi connectivity index (χ3n) is 4.12. The van der Waals surface area contributed by atoms with E-state index in [4.69, 9.17) is 17.3 Å². The van der Waals surface area contributed by atoms with Crippen molar-refractivity contribution in [1.29, 1.82) is 0 Å². The Morgan fingerprint density at radius 2 is 1.92 bits per heavy atom. The average Bonchev–Trinajstić information content (AvgIpc) is 3.10. The fourth-order valence-corrected chi connectivity index (χ4v) is 3.56. The van der Waals surface area contributed by atoms with Gasteiger partial charge in [-0.25, -0.2) is 9.98 Å². The molecule has 1 fully saturated rings. The fraction of sp³-hybridized carbons (Fsp3) is 0.412. The number of nitrogens with two attached hydrogens (primary N) is 1. The number of thiazole rings is 1. The lowest BCUT2D eigenvalue weighted by Crippen LogP contribution is -2.51. The molecule has 1 aromatic heterocycles. The quantitative estimate of drug-likeness (QED) is 0.654. The van der Waals surface area contributed by atoms with E-state index in [1.807, 2.05) is 36.5 Å². The summed E-state index contributed by atoms with van der Waals surface area (Å²) in [5, 5.41) is 3.78. The summed E-state index contributed by atoms with van der Waals surface area (Å²) in [6.45, 7) is 4.07. The highest BCUT2D eigenvalue weighted by molar-refractivity contribution is 7.13. The number of benzene rings is 1. The van der Waals surface area contributed by atoms with Gasteiger partial charge in [0.2, 0.25) is 0 Å². The van der Waals surface area contributed by atoms with Crippen LogP contribution in [0.5, 0.6) is 0 Å². The number of aliphatic imine (C=N–C) groups is 1. The molecule has 0 amide bonds. The number of guanidine groups is 1. The number of hydrogen-bond donors (Lipinski definition) is 1. The van der Waals surface area contributed by atoms with Crippen molar-refractivity contribution in [2.45, 2.75) is 6.54 Å². The molecule has 3 rings (SSSR count). The summed E-state index contributed by atoms with van der Waals surface area (Å²) < 4.78 is 0. The van der Waals surface area contributed by atoms with Crippen molar-refractivity contribution in [1.82, 2.24) is 9.88 Å². The molecule has 2 heterocycles. The lowest BCUT2D eigenvalue weighted by molar-refractivity contribution is 0.380. The number of hydrogen-bond acceptors (Lipinski definition) is 5. The van der Waals surface area contributed by atoms with Crippen LogP contribution in [0.3, 0.4) is 0 Å². The molecule has 6 nitrogen and oxygen atoms in total. The van der Waals surface area contributed by atoms with Gasteiger partial charge in [0, 0.05) is 56.4 Å². The minimum absolute atomic E-state index is 0.521. The van der Waals surface area contributed by atoms with Crippen LogP contribution in [0.15, 0.2) is 34.6 Å². The first-order chi connectivity index (χ1) is 12.0. The van der Waals surface area contributed by atoms with Crippen molar-refractivity contribution in [3.63, 3.8) is 0 Å². The third kappa shape index (κ3) is 4.55. The van der Waals surface area contributed by atoms with Crippen molar-refractivity contribution >= 4 is 39.7 Å². The van der Waals surface area contributed by atoms with E-state index in [2.05, 4.69) is 31.9 Å². The Hall–Kier alpha value is -1.99. The maximum Gasteiger partial charge on any atom is 0.191 e. The molecule has 0 atom stereocenters. The van der Waals surface area contributed by atoms with Gasteiger partial charge < -0.3 is 20.4 Å². The molecule has 1 aliphatic heterocycles. The molecule has 0 radical (unpaired) electrons. The summed E-state index contributed by atoms with van der Waals surface area (Å²) in [5.41, 5.74) is 8.32. The number of halogens is 1. The molecule has 0 spiro atoms. The van der Waals surface area contributed by atoms with E-state index in [0.717, 1.165) is 42.0 Å². The molecule has 8 heteroatoms. The van der Waals surface area contributed by atoms with Gasteiger partial charge in [0.25, 0.3) is 0 Å². The lowest BCUT2D eigenvalue weighted by atomic mass is 10.2. The summed E-state index contributed by atoms with van der Waals surface area (Å²) in [7, 11) is 3.97. The molecular formula is C17H23ClN6S. The maximum atomic E-state index is 6.17. The van der Waals surface area contributed by atoms with E-state index in [1.54, 1.807) is 11.3 Å². The molecule has 0 aliphatic carbocycles. The van der Waals surface area contributed by atoms with Crippen LogP contribution >= 0.6 is 22.9 Å². The molecule has 2 aromatic rings. The predicted octanol–water partition coefficient (Wildman–Crippen LogP) is 2.50. The third-order valence-corrected chi connectivity index (χ3v) is 5.43. The van der Waals surface area contributed by atoms with Crippen molar-refractivity contribution in [3.05, 3.63) is 40.4 Å². The summed E-state index contributed by atoms with van der Waals surface area (Å²) in [4.78, 5) is 15.5. The van der Waals surface area contributed by atoms with Crippen molar-refractivity contribution in [3.8, 4) is 0 Å². The van der Waals surface area contributed by atoms with Crippen molar-refractivity contribution < 1.29 is 0 Å². The van der Waals surface area contributed by atoms with Crippen molar-refractivity contribution in [2.24, 2.45) is 10.7 Å². The van der Waals surface area contributed by atoms with E-state index in [0.29, 0.717) is 12.5 Å². The second kappa shape index (κ2) is 7.93. The first-order valence-electron chi connectivity index (χ1n) is 8.20. The first kappa shape index (κ1) is 17.8. The number of rotatable bonds is 4. The van der Waals surface area contributed by atoms with Gasteiger partial charge in [0.05, 0.1) is 12.2 Å². The molecule has 2 N–H and O–H groups in total. The van der Waals surface area contributed by atoms with Crippen LogP contribution in [0.25, 0.3) is 0 Å². The molecule has 25 heavy (non-hydrogen) atoms. The SMILES string of the molecule is CN(C)c1nc(CN=C(N)N2CCN(c3ccc(Cl)cc3)CC2)cs1. The fourth-order valence-electron chi connectivity index (χ4n) is 2.68. The van der Waals surface area contributed by atoms with Gasteiger partial charge in [-0.1, -0.05) is 11.6 Å². The van der Waals surface area contributed by atoms with Crippen LogP contribution in [-0.2, 0) is 6.54 Å². The van der Waals surface area contributed by atoms with Crippen molar-refractivity contribution in [2.75, 3.05) is 50.1 Å². The van der Waals surface area contributed by atoms with Gasteiger partial charge in [-0.15, -0.1) is 11.3 Å². The zero-order chi connectivity index (χ0) is 17.8. The smallest absolute Gasteiger partial charge is 0.191 e. The van der Waals surface area contributed by atoms with Crippen LogP contribution in [0, 0.1) is 0 Å². The number of aromatic nitrogens is 1. The zero-order valence-corrected chi connectivity index (χ0v) is 16.1. The molecular weight excluding hydrogens is 356 g/mol. The van der Waals surface area contributed by atoms with E-state index in [1.165, 1.54) is 5.69 Å². The molecule has 1 aliphatic rings. The number of nitrogens with zero attached hydrogens (tertiary/aromatic N) is 5. The van der Waals surface area contributed by atoms with Crippen LogP contribution in [0.2, 0.25) is 5.02 Å².